The molecule has 0 saturated heterocycles. The summed E-state index contributed by atoms with van der Waals surface area (Å²) in [6.07, 6.45) is 3.80. The van der Waals surface area contributed by atoms with Gasteiger partial charge in [-0.25, -0.2) is 0 Å². The predicted octanol–water partition coefficient (Wildman–Crippen LogP) is 2.00. The van der Waals surface area contributed by atoms with Crippen LogP contribution >= 0.6 is 12.2 Å². The molecule has 1 unspecified atom stereocenters. The Morgan fingerprint density at radius 1 is 1.62 bits per heavy atom. The van der Waals surface area contributed by atoms with Gasteiger partial charge in [0.2, 0.25) is 0 Å². The third-order valence-electron chi connectivity index (χ3n) is 2.53. The first-order valence-electron chi connectivity index (χ1n) is 5.15. The predicted molar refractivity (Wildman–Crippen MR) is 60.8 cm³/mol. The van der Waals surface area contributed by atoms with Gasteiger partial charge in [0.15, 0.2) is 5.11 Å². The van der Waals surface area contributed by atoms with Gasteiger partial charge in [-0.2, -0.15) is 0 Å². The van der Waals surface area contributed by atoms with E-state index in [4.69, 9.17) is 12.2 Å². The van der Waals surface area contributed by atoms with E-state index in [1.807, 2.05) is 0 Å². The molecular weight excluding hydrogens is 180 g/mol. The molecule has 3 heteroatoms. The van der Waals surface area contributed by atoms with Gasteiger partial charge in [-0.15, -0.1) is 0 Å². The summed E-state index contributed by atoms with van der Waals surface area (Å²) >= 11 is 5.27. The number of rotatable bonds is 4. The minimum Gasteiger partial charge on any atom is -0.360 e. The Labute approximate surface area is 86.7 Å². The van der Waals surface area contributed by atoms with Gasteiger partial charge in [0.25, 0.3) is 0 Å². The van der Waals surface area contributed by atoms with Crippen molar-refractivity contribution in [2.24, 2.45) is 5.92 Å². The van der Waals surface area contributed by atoms with Crippen LogP contribution in [0.4, 0.5) is 0 Å². The number of hydrogen-bond donors (Lipinski definition) is 1. The molecule has 0 aromatic heterocycles. The molecule has 0 amide bonds. The number of nitrogens with one attached hydrogen (secondary N) is 1. The van der Waals surface area contributed by atoms with Crippen LogP contribution < -0.4 is 5.32 Å². The molecule has 0 aliphatic heterocycles. The van der Waals surface area contributed by atoms with Gasteiger partial charge >= 0.3 is 0 Å². The van der Waals surface area contributed by atoms with E-state index < -0.39 is 0 Å². The Balaban J connectivity index is 2.19. The summed E-state index contributed by atoms with van der Waals surface area (Å²) in [4.78, 5) is 2.15. The zero-order chi connectivity index (χ0) is 9.84. The summed E-state index contributed by atoms with van der Waals surface area (Å²) in [5.41, 5.74) is 0. The van der Waals surface area contributed by atoms with Crippen LogP contribution in [0.3, 0.4) is 0 Å². The van der Waals surface area contributed by atoms with E-state index >= 15 is 0 Å². The molecule has 1 fully saturated rings. The molecule has 1 saturated carbocycles. The van der Waals surface area contributed by atoms with Gasteiger partial charge in [-0.05, 0) is 31.0 Å². The fourth-order valence-electron chi connectivity index (χ4n) is 1.19. The van der Waals surface area contributed by atoms with Gasteiger partial charge in [-0.1, -0.05) is 20.3 Å². The second kappa shape index (κ2) is 4.80. The van der Waals surface area contributed by atoms with Crippen molar-refractivity contribution < 1.29 is 0 Å². The molecule has 0 radical (unpaired) electrons. The zero-order valence-corrected chi connectivity index (χ0v) is 9.66. The van der Waals surface area contributed by atoms with E-state index in [0.717, 1.165) is 17.6 Å². The molecule has 2 nitrogen and oxygen atoms in total. The lowest BCUT2D eigenvalue weighted by atomic mass is 10.1. The number of hydrogen-bond acceptors (Lipinski definition) is 1. The van der Waals surface area contributed by atoms with E-state index in [2.05, 4.69) is 31.1 Å². The molecule has 0 aromatic carbocycles. The SMILES string of the molecule is CCC(C)CN(C)C(=S)NC1CC1. The molecule has 1 N–H and O–H groups in total. The molecular formula is C10H20N2S. The third kappa shape index (κ3) is 3.94. The maximum atomic E-state index is 5.27. The molecule has 76 valence electrons. The van der Waals surface area contributed by atoms with E-state index in [1.54, 1.807) is 0 Å². The maximum absolute atomic E-state index is 5.27. The van der Waals surface area contributed by atoms with Crippen LogP contribution in [-0.2, 0) is 0 Å². The maximum Gasteiger partial charge on any atom is 0.168 e. The highest BCUT2D eigenvalue weighted by atomic mass is 32.1. The smallest absolute Gasteiger partial charge is 0.168 e. The van der Waals surface area contributed by atoms with E-state index in [1.165, 1.54) is 19.3 Å². The van der Waals surface area contributed by atoms with E-state index in [0.29, 0.717) is 6.04 Å². The van der Waals surface area contributed by atoms with Gasteiger partial charge in [-0.3, -0.25) is 0 Å². The summed E-state index contributed by atoms with van der Waals surface area (Å²) in [6, 6.07) is 0.673. The molecule has 0 heterocycles. The molecule has 13 heavy (non-hydrogen) atoms. The number of nitrogens with zero attached hydrogens (tertiary/aromatic N) is 1. The van der Waals surface area contributed by atoms with Crippen molar-refractivity contribution in [3.63, 3.8) is 0 Å². The topological polar surface area (TPSA) is 15.3 Å². The highest BCUT2D eigenvalue weighted by Gasteiger charge is 2.23. The first kappa shape index (κ1) is 10.8. The van der Waals surface area contributed by atoms with Crippen molar-refractivity contribution in [3.05, 3.63) is 0 Å². The van der Waals surface area contributed by atoms with E-state index in [-0.39, 0.29) is 0 Å². The average molecular weight is 200 g/mol. The molecule has 0 aromatic rings. The molecule has 0 bridgehead atoms. The van der Waals surface area contributed by atoms with Crippen LogP contribution in [0, 0.1) is 5.92 Å². The van der Waals surface area contributed by atoms with Crippen LogP contribution in [0.2, 0.25) is 0 Å². The van der Waals surface area contributed by atoms with Crippen molar-refractivity contribution in [1.82, 2.24) is 10.2 Å². The van der Waals surface area contributed by atoms with Crippen LogP contribution in [0.15, 0.2) is 0 Å². The minimum absolute atomic E-state index is 0.673. The molecule has 1 aliphatic rings. The summed E-state index contributed by atoms with van der Waals surface area (Å²) in [7, 11) is 2.07. The molecule has 1 rings (SSSR count). The van der Waals surface area contributed by atoms with Crippen molar-refractivity contribution in [3.8, 4) is 0 Å². The van der Waals surface area contributed by atoms with Crippen LogP contribution in [-0.4, -0.2) is 29.6 Å². The van der Waals surface area contributed by atoms with Crippen LogP contribution in [0.5, 0.6) is 0 Å². The Morgan fingerprint density at radius 2 is 2.23 bits per heavy atom. The first-order valence-corrected chi connectivity index (χ1v) is 5.56. The summed E-state index contributed by atoms with van der Waals surface area (Å²) in [6.45, 7) is 5.54. The third-order valence-corrected chi connectivity index (χ3v) is 2.96. The van der Waals surface area contributed by atoms with Crippen LogP contribution in [0.1, 0.15) is 33.1 Å². The lowest BCUT2D eigenvalue weighted by Gasteiger charge is -2.23. The van der Waals surface area contributed by atoms with Crippen molar-refractivity contribution in [2.75, 3.05) is 13.6 Å². The lowest BCUT2D eigenvalue weighted by Crippen LogP contribution is -2.40. The quantitative estimate of drug-likeness (QED) is 0.699. The molecule has 1 aliphatic carbocycles. The highest BCUT2D eigenvalue weighted by molar-refractivity contribution is 7.80. The van der Waals surface area contributed by atoms with Gasteiger partial charge in [0.05, 0.1) is 0 Å². The highest BCUT2D eigenvalue weighted by Crippen LogP contribution is 2.19. The van der Waals surface area contributed by atoms with Crippen LogP contribution in [0.25, 0.3) is 0 Å². The van der Waals surface area contributed by atoms with Crippen molar-refractivity contribution in [2.45, 2.75) is 39.2 Å². The van der Waals surface area contributed by atoms with Crippen molar-refractivity contribution >= 4 is 17.3 Å². The summed E-state index contributed by atoms with van der Waals surface area (Å²) < 4.78 is 0. The van der Waals surface area contributed by atoms with Gasteiger partial charge in [0.1, 0.15) is 0 Å². The Hall–Kier alpha value is -0.310. The monoisotopic (exact) mass is 200 g/mol. The summed E-state index contributed by atoms with van der Waals surface area (Å²) in [5.74, 6) is 0.726. The second-order valence-corrected chi connectivity index (χ2v) is 4.50. The molecule has 1 atom stereocenters. The summed E-state index contributed by atoms with van der Waals surface area (Å²) in [5, 5.41) is 4.26. The van der Waals surface area contributed by atoms with Gasteiger partial charge < -0.3 is 10.2 Å². The Bertz CT molecular complexity index is 178. The fraction of sp³-hybridized carbons (Fsp3) is 0.900. The molecule has 0 spiro atoms. The second-order valence-electron chi connectivity index (χ2n) is 4.12. The normalized spacial score (nSPS) is 18.1. The minimum atomic E-state index is 0.673. The van der Waals surface area contributed by atoms with Crippen molar-refractivity contribution in [1.29, 1.82) is 0 Å². The largest absolute Gasteiger partial charge is 0.360 e. The van der Waals surface area contributed by atoms with E-state index in [9.17, 15) is 0 Å². The zero-order valence-electron chi connectivity index (χ0n) is 8.84. The fourth-order valence-corrected chi connectivity index (χ4v) is 1.43. The Morgan fingerprint density at radius 3 is 2.69 bits per heavy atom. The first-order chi connectivity index (χ1) is 6.13. The number of thiocarbonyl (C=S) groups is 1. The van der Waals surface area contributed by atoms with Gasteiger partial charge in [0, 0.05) is 19.6 Å². The standard InChI is InChI=1S/C10H20N2S/c1-4-8(2)7-12(3)10(13)11-9-5-6-9/h8-9H,4-7H2,1-3H3,(H,11,13). The average Bonchev–Trinajstić information content (AvgIpc) is 2.87. The lowest BCUT2D eigenvalue weighted by molar-refractivity contribution is 0.391. The Kier molecular flexibility index (Phi) is 3.97.